The smallest absolute Gasteiger partial charge is 0.338 e. The van der Waals surface area contributed by atoms with E-state index >= 15 is 0 Å². The van der Waals surface area contributed by atoms with Gasteiger partial charge in [-0.15, -0.1) is 0 Å². The first kappa shape index (κ1) is 23.5. The van der Waals surface area contributed by atoms with Crippen molar-refractivity contribution in [2.75, 3.05) is 19.8 Å². The number of rotatable bonds is 9. The Hall–Kier alpha value is -4.61. The van der Waals surface area contributed by atoms with Crippen LogP contribution in [0.2, 0.25) is 0 Å². The van der Waals surface area contributed by atoms with Crippen LogP contribution < -0.4 is 16.0 Å². The molecule has 1 aliphatic heterocycles. The average molecular weight is 481 g/mol. The van der Waals surface area contributed by atoms with Gasteiger partial charge >= 0.3 is 18.0 Å². The van der Waals surface area contributed by atoms with Crippen molar-refractivity contribution in [3.63, 3.8) is 0 Å². The van der Waals surface area contributed by atoms with Crippen LogP contribution in [-0.2, 0) is 19.1 Å². The second-order valence-corrected chi connectivity index (χ2v) is 7.44. The van der Waals surface area contributed by atoms with Gasteiger partial charge < -0.3 is 29.8 Å². The number of benzene rings is 1. The topological polar surface area (TPSA) is 165 Å². The van der Waals surface area contributed by atoms with Crippen molar-refractivity contribution in [2.45, 2.75) is 19.4 Å². The molecule has 4 rings (SSSR count). The average Bonchev–Trinajstić information content (AvgIpc) is 3.53. The van der Waals surface area contributed by atoms with Crippen LogP contribution >= 0.6 is 0 Å². The van der Waals surface area contributed by atoms with Crippen LogP contribution in [-0.4, -0.2) is 53.8 Å². The third-order valence-electron chi connectivity index (χ3n) is 5.15. The summed E-state index contributed by atoms with van der Waals surface area (Å²) in [7, 11) is 0. The van der Waals surface area contributed by atoms with Crippen molar-refractivity contribution in [1.82, 2.24) is 26.1 Å². The molecule has 3 heterocycles. The number of carbonyl (C=O) groups is 4. The highest BCUT2D eigenvalue weighted by molar-refractivity contribution is 6.04. The van der Waals surface area contributed by atoms with E-state index in [-0.39, 0.29) is 43.1 Å². The molecular weight excluding hydrogens is 458 g/mol. The standard InChI is InChI=1S/C23H23N5O7/c1-2-33-22(31)18-15(25-23(32)26-20(18)16-8-5-11-34-16)12-35-17(29)9-10-24-21(30)19-13-6-3-4-7-14(13)27-28-19/h3-8,11,20H,2,9-10,12H2,1H3,(H,24,30)(H,27,28)(H2,25,26,32). The fraction of sp³-hybridized carbons (Fsp3) is 0.261. The van der Waals surface area contributed by atoms with E-state index in [4.69, 9.17) is 13.9 Å². The molecule has 182 valence electrons. The summed E-state index contributed by atoms with van der Waals surface area (Å²) in [5, 5.41) is 15.2. The first-order valence-corrected chi connectivity index (χ1v) is 10.9. The minimum atomic E-state index is -0.908. The predicted octanol–water partition coefficient (Wildman–Crippen LogP) is 1.69. The van der Waals surface area contributed by atoms with Gasteiger partial charge in [-0.3, -0.25) is 14.7 Å². The van der Waals surface area contributed by atoms with E-state index in [1.807, 2.05) is 6.07 Å². The van der Waals surface area contributed by atoms with Gasteiger partial charge in [0.25, 0.3) is 5.91 Å². The fourth-order valence-corrected chi connectivity index (χ4v) is 3.57. The number of esters is 2. The summed E-state index contributed by atoms with van der Waals surface area (Å²) < 4.78 is 15.7. The second-order valence-electron chi connectivity index (χ2n) is 7.44. The van der Waals surface area contributed by atoms with Crippen LogP contribution in [0, 0.1) is 0 Å². The summed E-state index contributed by atoms with van der Waals surface area (Å²) in [4.78, 5) is 49.4. The zero-order valence-electron chi connectivity index (χ0n) is 18.8. The van der Waals surface area contributed by atoms with Crippen molar-refractivity contribution in [2.24, 2.45) is 0 Å². The number of nitrogens with zero attached hydrogens (tertiary/aromatic N) is 1. The SMILES string of the molecule is CCOC(=O)C1=C(COC(=O)CCNC(=O)c2n[nH]c3ccccc23)NC(=O)NC1c1ccco1. The Morgan fingerprint density at radius 3 is 2.74 bits per heavy atom. The largest absolute Gasteiger partial charge is 0.467 e. The molecule has 3 aromatic rings. The lowest BCUT2D eigenvalue weighted by molar-refractivity contribution is -0.143. The van der Waals surface area contributed by atoms with Gasteiger partial charge in [0.1, 0.15) is 18.4 Å². The van der Waals surface area contributed by atoms with E-state index in [0.29, 0.717) is 11.1 Å². The maximum absolute atomic E-state index is 12.6. The predicted molar refractivity (Wildman–Crippen MR) is 121 cm³/mol. The van der Waals surface area contributed by atoms with Gasteiger partial charge in [0.2, 0.25) is 0 Å². The highest BCUT2D eigenvalue weighted by atomic mass is 16.5. The van der Waals surface area contributed by atoms with Gasteiger partial charge in [-0.25, -0.2) is 9.59 Å². The van der Waals surface area contributed by atoms with Crippen molar-refractivity contribution >= 4 is 34.8 Å². The van der Waals surface area contributed by atoms with E-state index in [1.54, 1.807) is 37.3 Å². The van der Waals surface area contributed by atoms with Crippen LogP contribution in [0.4, 0.5) is 4.79 Å². The number of carbonyl (C=O) groups excluding carboxylic acids is 4. The minimum absolute atomic E-state index is 0.00553. The quantitative estimate of drug-likeness (QED) is 0.335. The lowest BCUT2D eigenvalue weighted by Crippen LogP contribution is -2.47. The van der Waals surface area contributed by atoms with Crippen molar-refractivity contribution < 1.29 is 33.1 Å². The summed E-state index contributed by atoms with van der Waals surface area (Å²) in [5.41, 5.74) is 1.08. The van der Waals surface area contributed by atoms with Crippen LogP contribution in [0.15, 0.2) is 58.3 Å². The molecule has 12 nitrogen and oxygen atoms in total. The number of hydrogen-bond donors (Lipinski definition) is 4. The van der Waals surface area contributed by atoms with Gasteiger partial charge in [-0.2, -0.15) is 5.10 Å². The Bertz CT molecular complexity index is 1280. The Labute approximate surface area is 199 Å². The number of aromatic amines is 1. The van der Waals surface area contributed by atoms with Crippen LogP contribution in [0.1, 0.15) is 35.6 Å². The Morgan fingerprint density at radius 1 is 1.14 bits per heavy atom. The van der Waals surface area contributed by atoms with Gasteiger partial charge in [-0.05, 0) is 25.1 Å². The minimum Gasteiger partial charge on any atom is -0.467 e. The van der Waals surface area contributed by atoms with Crippen LogP contribution in [0.5, 0.6) is 0 Å². The van der Waals surface area contributed by atoms with Crippen LogP contribution in [0.25, 0.3) is 10.9 Å². The molecule has 1 unspecified atom stereocenters. The summed E-state index contributed by atoms with van der Waals surface area (Å²) in [5.74, 6) is -1.45. The number of H-pyrrole nitrogens is 1. The molecule has 3 amide bonds. The molecule has 12 heteroatoms. The normalized spacial score (nSPS) is 15.3. The number of ether oxygens (including phenoxy) is 2. The number of amides is 3. The number of urea groups is 1. The molecule has 4 N–H and O–H groups in total. The summed E-state index contributed by atoms with van der Waals surface area (Å²) in [6, 6.07) is 8.89. The number of fused-ring (bicyclic) bond motifs is 1. The van der Waals surface area contributed by atoms with Gasteiger partial charge in [0.15, 0.2) is 5.69 Å². The van der Waals surface area contributed by atoms with E-state index in [2.05, 4.69) is 26.1 Å². The molecular formula is C23H23N5O7. The zero-order valence-corrected chi connectivity index (χ0v) is 18.8. The summed E-state index contributed by atoms with van der Waals surface area (Å²) in [6.07, 6.45) is 1.27. The van der Waals surface area contributed by atoms with Crippen molar-refractivity contribution in [1.29, 1.82) is 0 Å². The Balaban J connectivity index is 1.37. The van der Waals surface area contributed by atoms with Crippen LogP contribution in [0.3, 0.4) is 0 Å². The molecule has 0 radical (unpaired) electrons. The molecule has 35 heavy (non-hydrogen) atoms. The first-order valence-electron chi connectivity index (χ1n) is 10.9. The molecule has 1 aliphatic rings. The number of hydrogen-bond acceptors (Lipinski definition) is 8. The molecule has 2 aromatic heterocycles. The maximum atomic E-state index is 12.6. The first-order chi connectivity index (χ1) is 17.0. The number of para-hydroxylation sites is 1. The van der Waals surface area contributed by atoms with E-state index < -0.39 is 29.9 Å². The second kappa shape index (κ2) is 10.5. The maximum Gasteiger partial charge on any atom is 0.338 e. The van der Waals surface area contributed by atoms with Crippen molar-refractivity contribution in [3.8, 4) is 0 Å². The Morgan fingerprint density at radius 2 is 1.97 bits per heavy atom. The number of nitrogens with one attached hydrogen (secondary N) is 4. The molecule has 0 bridgehead atoms. The highest BCUT2D eigenvalue weighted by Crippen LogP contribution is 2.28. The number of furan rings is 1. The monoisotopic (exact) mass is 481 g/mol. The van der Waals surface area contributed by atoms with Gasteiger partial charge in [0.05, 0.1) is 36.1 Å². The molecule has 0 fully saturated rings. The molecule has 0 aliphatic carbocycles. The van der Waals surface area contributed by atoms with E-state index in [1.165, 1.54) is 6.26 Å². The lowest BCUT2D eigenvalue weighted by atomic mass is 10.0. The van der Waals surface area contributed by atoms with Gasteiger partial charge in [-0.1, -0.05) is 18.2 Å². The molecule has 1 aromatic carbocycles. The summed E-state index contributed by atoms with van der Waals surface area (Å²) in [6.45, 7) is 1.38. The molecule has 1 atom stereocenters. The lowest BCUT2D eigenvalue weighted by Gasteiger charge is -2.27. The van der Waals surface area contributed by atoms with Crippen molar-refractivity contribution in [3.05, 3.63) is 65.4 Å². The third-order valence-corrected chi connectivity index (χ3v) is 5.15. The van der Waals surface area contributed by atoms with E-state index in [0.717, 1.165) is 5.52 Å². The zero-order chi connectivity index (χ0) is 24.8. The number of aromatic nitrogens is 2. The Kier molecular flexibility index (Phi) is 7.10. The highest BCUT2D eigenvalue weighted by Gasteiger charge is 2.35. The summed E-state index contributed by atoms with van der Waals surface area (Å²) >= 11 is 0. The molecule has 0 saturated carbocycles. The van der Waals surface area contributed by atoms with E-state index in [9.17, 15) is 19.2 Å². The fourth-order valence-electron chi connectivity index (χ4n) is 3.57. The molecule has 0 saturated heterocycles. The molecule has 0 spiro atoms. The third kappa shape index (κ3) is 5.32. The van der Waals surface area contributed by atoms with Gasteiger partial charge in [0, 0.05) is 11.9 Å².